The number of aliphatic hydroxyl groups is 1. The lowest BCUT2D eigenvalue weighted by atomic mass is 9.92. The molecular weight excluding hydrogens is 448 g/mol. The summed E-state index contributed by atoms with van der Waals surface area (Å²) in [6.07, 6.45) is 0. The first kappa shape index (κ1) is 23.4. The van der Waals surface area contributed by atoms with Crippen LogP contribution in [0, 0.1) is 0 Å². The molecule has 4 aromatic carbocycles. The van der Waals surface area contributed by atoms with Gasteiger partial charge in [0.1, 0.15) is 18.4 Å². The molecule has 0 aromatic heterocycles. The van der Waals surface area contributed by atoms with E-state index in [0.717, 1.165) is 27.9 Å². The second-order valence-corrected chi connectivity index (χ2v) is 8.79. The van der Waals surface area contributed by atoms with Gasteiger partial charge in [0.25, 0.3) is 0 Å². The molecule has 0 bridgehead atoms. The number of ether oxygens (including phenoxy) is 1. The van der Waals surface area contributed by atoms with E-state index in [-0.39, 0.29) is 17.9 Å². The van der Waals surface area contributed by atoms with Crippen molar-refractivity contribution in [3.05, 3.63) is 138 Å². The number of carbonyl (C=O) groups excluding carboxylic acids is 1. The van der Waals surface area contributed by atoms with E-state index in [2.05, 4.69) is 17.6 Å². The molecule has 4 aromatic rings. The van der Waals surface area contributed by atoms with Crippen molar-refractivity contribution in [2.24, 2.45) is 0 Å². The Morgan fingerprint density at radius 3 is 2.00 bits per heavy atom. The fraction of sp³-hybridized carbons (Fsp3) is 0.129. The average molecular weight is 477 g/mol. The summed E-state index contributed by atoms with van der Waals surface area (Å²) in [5.41, 5.74) is 8.50. The number of nitrogens with one attached hydrogen (secondary N) is 1. The van der Waals surface area contributed by atoms with Crippen molar-refractivity contribution >= 4 is 11.7 Å². The molecule has 5 nitrogen and oxygen atoms in total. The number of anilines is 1. The van der Waals surface area contributed by atoms with Crippen LogP contribution < -0.4 is 10.4 Å². The van der Waals surface area contributed by atoms with Crippen molar-refractivity contribution in [1.82, 2.24) is 5.43 Å². The number of hydrogen-bond acceptors (Lipinski definition) is 5. The summed E-state index contributed by atoms with van der Waals surface area (Å²) in [6.45, 7) is 1.99. The third-order valence-corrected chi connectivity index (χ3v) is 6.43. The Hall–Kier alpha value is -4.35. The summed E-state index contributed by atoms with van der Waals surface area (Å²) in [5.74, 6) is -0.548. The molecule has 2 N–H and O–H groups in total. The maximum atomic E-state index is 13.3. The van der Waals surface area contributed by atoms with E-state index in [4.69, 9.17) is 4.74 Å². The third-order valence-electron chi connectivity index (χ3n) is 6.43. The molecule has 0 unspecified atom stereocenters. The van der Waals surface area contributed by atoms with Gasteiger partial charge in [0.05, 0.1) is 17.3 Å². The van der Waals surface area contributed by atoms with Crippen molar-refractivity contribution in [2.75, 3.05) is 5.01 Å². The first-order chi connectivity index (χ1) is 17.6. The summed E-state index contributed by atoms with van der Waals surface area (Å²) in [5, 5.41) is 13.2. The molecule has 0 radical (unpaired) electrons. The molecule has 1 aliphatic rings. The van der Waals surface area contributed by atoms with E-state index < -0.39 is 18.1 Å². The highest BCUT2D eigenvalue weighted by Crippen LogP contribution is 2.35. The number of rotatable bonds is 6. The Labute approximate surface area is 211 Å². The van der Waals surface area contributed by atoms with E-state index in [1.54, 1.807) is 0 Å². The lowest BCUT2D eigenvalue weighted by molar-refractivity contribution is -0.141. The van der Waals surface area contributed by atoms with E-state index >= 15 is 0 Å². The Kier molecular flexibility index (Phi) is 6.83. The largest absolute Gasteiger partial charge is 0.509 e. The van der Waals surface area contributed by atoms with Gasteiger partial charge in [0, 0.05) is 0 Å². The minimum absolute atomic E-state index is 0.00667. The zero-order valence-corrected chi connectivity index (χ0v) is 20.0. The minimum Gasteiger partial charge on any atom is -0.509 e. The van der Waals surface area contributed by atoms with Crippen LogP contribution >= 0.6 is 0 Å². The number of hydrogen-bond donors (Lipinski definition) is 2. The smallest absolute Gasteiger partial charge is 0.339 e. The summed E-state index contributed by atoms with van der Waals surface area (Å²) >= 11 is 0. The molecule has 1 aliphatic heterocycles. The molecule has 0 amide bonds. The van der Waals surface area contributed by atoms with Crippen molar-refractivity contribution in [3.63, 3.8) is 0 Å². The zero-order valence-electron chi connectivity index (χ0n) is 20.0. The number of benzene rings is 4. The van der Waals surface area contributed by atoms with Gasteiger partial charge in [0.15, 0.2) is 0 Å². The predicted octanol–water partition coefficient (Wildman–Crippen LogP) is 6.36. The third kappa shape index (κ3) is 4.88. The molecule has 180 valence electrons. The van der Waals surface area contributed by atoms with Crippen LogP contribution in [-0.4, -0.2) is 17.1 Å². The maximum Gasteiger partial charge on any atom is 0.339 e. The first-order valence-corrected chi connectivity index (χ1v) is 12.0. The Morgan fingerprint density at radius 1 is 0.806 bits per heavy atom. The number of aliphatic hydroxyl groups excluding tert-OH is 1. The van der Waals surface area contributed by atoms with Crippen LogP contribution in [0.2, 0.25) is 0 Å². The Bertz CT molecular complexity index is 1340. The molecule has 0 aliphatic carbocycles. The number of hydrazine groups is 1. The number of esters is 1. The van der Waals surface area contributed by atoms with E-state index in [1.165, 1.54) is 0 Å². The van der Waals surface area contributed by atoms with Crippen molar-refractivity contribution in [2.45, 2.75) is 25.6 Å². The van der Waals surface area contributed by atoms with E-state index in [9.17, 15) is 9.90 Å². The van der Waals surface area contributed by atoms with Crippen LogP contribution in [0.4, 0.5) is 5.69 Å². The van der Waals surface area contributed by atoms with Gasteiger partial charge in [-0.25, -0.2) is 10.2 Å². The minimum atomic E-state index is -0.588. The highest BCUT2D eigenvalue weighted by atomic mass is 16.5. The van der Waals surface area contributed by atoms with Gasteiger partial charge >= 0.3 is 5.97 Å². The van der Waals surface area contributed by atoms with Crippen LogP contribution in [0.3, 0.4) is 0 Å². The molecule has 0 saturated carbocycles. The fourth-order valence-corrected chi connectivity index (χ4v) is 4.46. The SMILES string of the molecule is C[C@@H]1C(O)=C(C(=O)OCc2ccccc2)[C@H](c2ccc(-c3ccccc3)cc2)NN1c1ccccc1. The summed E-state index contributed by atoms with van der Waals surface area (Å²) in [7, 11) is 0. The molecule has 5 rings (SSSR count). The Morgan fingerprint density at radius 2 is 1.36 bits per heavy atom. The lowest BCUT2D eigenvalue weighted by Gasteiger charge is -2.40. The van der Waals surface area contributed by atoms with E-state index in [1.807, 2.05) is 115 Å². The molecule has 36 heavy (non-hydrogen) atoms. The van der Waals surface area contributed by atoms with Crippen LogP contribution in [0.25, 0.3) is 11.1 Å². The van der Waals surface area contributed by atoms with Gasteiger partial charge in [0.2, 0.25) is 0 Å². The molecule has 0 saturated heterocycles. The molecule has 5 heteroatoms. The van der Waals surface area contributed by atoms with E-state index in [0.29, 0.717) is 0 Å². The second-order valence-electron chi connectivity index (χ2n) is 8.79. The first-order valence-electron chi connectivity index (χ1n) is 12.0. The van der Waals surface area contributed by atoms with Gasteiger partial charge in [-0.05, 0) is 41.3 Å². The van der Waals surface area contributed by atoms with Gasteiger partial charge in [-0.3, -0.25) is 5.01 Å². The fourth-order valence-electron chi connectivity index (χ4n) is 4.46. The molecule has 0 fully saturated rings. The molecular formula is C31H28N2O3. The number of carbonyl (C=O) groups is 1. The second kappa shape index (κ2) is 10.5. The predicted molar refractivity (Wildman–Crippen MR) is 142 cm³/mol. The highest BCUT2D eigenvalue weighted by Gasteiger charge is 2.38. The van der Waals surface area contributed by atoms with Gasteiger partial charge in [-0.15, -0.1) is 0 Å². The quantitative estimate of drug-likeness (QED) is 0.317. The molecule has 1 heterocycles. The van der Waals surface area contributed by atoms with Crippen molar-refractivity contribution < 1.29 is 14.6 Å². The van der Waals surface area contributed by atoms with Gasteiger partial charge < -0.3 is 9.84 Å². The number of para-hydroxylation sites is 1. The normalized spacial score (nSPS) is 17.6. The summed E-state index contributed by atoms with van der Waals surface area (Å²) < 4.78 is 5.66. The van der Waals surface area contributed by atoms with Crippen molar-refractivity contribution in [3.8, 4) is 11.1 Å². The topological polar surface area (TPSA) is 61.8 Å². The van der Waals surface area contributed by atoms with Gasteiger partial charge in [-0.2, -0.15) is 0 Å². The zero-order chi connectivity index (χ0) is 24.9. The molecule has 2 atom stereocenters. The van der Waals surface area contributed by atoms with Crippen LogP contribution in [-0.2, 0) is 16.1 Å². The standard InChI is InChI=1S/C31H28N2O3/c1-22-30(34)28(31(35)36-21-23-11-5-2-6-12-23)29(32-33(22)27-15-9-4-10-16-27)26-19-17-25(18-20-26)24-13-7-3-8-14-24/h2-20,22,29,32,34H,21H2,1H3/t22-,29+/m1/s1. The lowest BCUT2D eigenvalue weighted by Crippen LogP contribution is -2.53. The van der Waals surface area contributed by atoms with Crippen LogP contribution in [0.1, 0.15) is 24.1 Å². The van der Waals surface area contributed by atoms with Crippen LogP contribution in [0.5, 0.6) is 0 Å². The summed E-state index contributed by atoms with van der Waals surface area (Å²) in [4.78, 5) is 13.3. The maximum absolute atomic E-state index is 13.3. The van der Waals surface area contributed by atoms with Gasteiger partial charge in [-0.1, -0.05) is 103 Å². The monoisotopic (exact) mass is 476 g/mol. The average Bonchev–Trinajstić information content (AvgIpc) is 2.94. The molecule has 0 spiro atoms. The van der Waals surface area contributed by atoms with Crippen LogP contribution in [0.15, 0.2) is 127 Å². The Balaban J connectivity index is 1.49. The number of nitrogens with zero attached hydrogens (tertiary/aromatic N) is 1. The summed E-state index contributed by atoms with van der Waals surface area (Å²) in [6, 6.07) is 36.4. The highest BCUT2D eigenvalue weighted by molar-refractivity contribution is 5.91. The van der Waals surface area contributed by atoms with Crippen molar-refractivity contribution in [1.29, 1.82) is 0 Å².